The minimum Gasteiger partial charge on any atom is -0.334 e. The van der Waals surface area contributed by atoms with E-state index in [0.717, 1.165) is 0 Å². The average Bonchev–Trinajstić information content (AvgIpc) is 2.39. The number of hydrogen-bond donors (Lipinski definition) is 1. The van der Waals surface area contributed by atoms with Crippen molar-refractivity contribution >= 4 is 18.3 Å². The highest BCUT2D eigenvalue weighted by atomic mass is 35.5. The van der Waals surface area contributed by atoms with Gasteiger partial charge in [-0.3, -0.25) is 4.79 Å². The molecule has 0 saturated carbocycles. The fourth-order valence-electron chi connectivity index (χ4n) is 1.63. The molecule has 2 N–H and O–H groups in total. The molecule has 1 rings (SSSR count). The Morgan fingerprint density at radius 3 is 2.68 bits per heavy atom. The molecule has 0 saturated heterocycles. The van der Waals surface area contributed by atoms with Crippen LogP contribution in [0.3, 0.4) is 0 Å². The molecular formula is C14H20ClFN2O. The van der Waals surface area contributed by atoms with Crippen LogP contribution in [0.1, 0.15) is 12.5 Å². The molecule has 0 aliphatic carbocycles. The second kappa shape index (κ2) is 8.67. The Morgan fingerprint density at radius 2 is 2.16 bits per heavy atom. The van der Waals surface area contributed by atoms with Crippen molar-refractivity contribution in [3.63, 3.8) is 0 Å². The van der Waals surface area contributed by atoms with Crippen LogP contribution >= 0.6 is 12.4 Å². The van der Waals surface area contributed by atoms with Gasteiger partial charge in [0.15, 0.2) is 0 Å². The van der Waals surface area contributed by atoms with E-state index in [2.05, 4.69) is 6.58 Å². The first-order valence-corrected chi connectivity index (χ1v) is 5.93. The number of carbonyl (C=O) groups is 1. The number of nitrogens with zero attached hydrogens (tertiary/aromatic N) is 1. The highest BCUT2D eigenvalue weighted by Crippen LogP contribution is 2.12. The highest BCUT2D eigenvalue weighted by Gasteiger charge is 2.19. The van der Waals surface area contributed by atoms with Crippen LogP contribution in [0.5, 0.6) is 0 Å². The van der Waals surface area contributed by atoms with Gasteiger partial charge >= 0.3 is 0 Å². The lowest BCUT2D eigenvalue weighted by Gasteiger charge is -2.24. The molecule has 1 unspecified atom stereocenters. The zero-order valence-electron chi connectivity index (χ0n) is 11.0. The molecule has 0 radical (unpaired) electrons. The molecule has 0 spiro atoms. The first kappa shape index (κ1) is 17.6. The first-order valence-electron chi connectivity index (χ1n) is 5.93. The standard InChI is InChI=1S/C14H19FN2O.ClH/c1-3-8-17(14(18)11(2)9-16)10-12-6-4-5-7-13(12)15;/h3-7,11H,1,8-10,16H2,2H3;1H. The Balaban J connectivity index is 0.00000324. The third kappa shape index (κ3) is 5.01. The van der Waals surface area contributed by atoms with Gasteiger partial charge in [-0.25, -0.2) is 4.39 Å². The number of hydrogen-bond acceptors (Lipinski definition) is 2. The molecule has 3 nitrogen and oxygen atoms in total. The van der Waals surface area contributed by atoms with E-state index < -0.39 is 0 Å². The van der Waals surface area contributed by atoms with Gasteiger partial charge in [0.05, 0.1) is 0 Å². The van der Waals surface area contributed by atoms with Gasteiger partial charge in [0, 0.05) is 31.1 Å². The van der Waals surface area contributed by atoms with Gasteiger partial charge in [-0.05, 0) is 6.07 Å². The summed E-state index contributed by atoms with van der Waals surface area (Å²) in [6.45, 7) is 6.28. The molecule has 1 amide bonds. The molecule has 1 aromatic rings. The summed E-state index contributed by atoms with van der Waals surface area (Å²) in [5.74, 6) is -0.655. The zero-order chi connectivity index (χ0) is 13.5. The second-order valence-corrected chi connectivity index (χ2v) is 4.24. The summed E-state index contributed by atoms with van der Waals surface area (Å²) >= 11 is 0. The smallest absolute Gasteiger partial charge is 0.227 e. The molecule has 0 aliphatic rings. The minimum absolute atomic E-state index is 0. The fraction of sp³-hybridized carbons (Fsp3) is 0.357. The molecule has 1 atom stereocenters. The molecule has 1 aromatic carbocycles. The summed E-state index contributed by atoms with van der Waals surface area (Å²) in [7, 11) is 0. The predicted octanol–water partition coefficient (Wildman–Crippen LogP) is 2.36. The monoisotopic (exact) mass is 286 g/mol. The number of halogens is 2. The first-order chi connectivity index (χ1) is 8.60. The van der Waals surface area contributed by atoms with E-state index in [1.54, 1.807) is 36.1 Å². The number of carbonyl (C=O) groups excluding carboxylic acids is 1. The van der Waals surface area contributed by atoms with Crippen LogP contribution in [0, 0.1) is 11.7 Å². The summed E-state index contributed by atoms with van der Waals surface area (Å²) < 4.78 is 13.5. The van der Waals surface area contributed by atoms with Crippen LogP contribution in [0.15, 0.2) is 36.9 Å². The Labute approximate surface area is 119 Å². The number of amides is 1. The van der Waals surface area contributed by atoms with Gasteiger partial charge in [-0.1, -0.05) is 31.2 Å². The maximum atomic E-state index is 13.5. The van der Waals surface area contributed by atoms with E-state index in [4.69, 9.17) is 5.73 Å². The number of nitrogens with two attached hydrogens (primary N) is 1. The summed E-state index contributed by atoms with van der Waals surface area (Å²) in [4.78, 5) is 13.6. The van der Waals surface area contributed by atoms with Crippen LogP contribution in [0.25, 0.3) is 0 Å². The summed E-state index contributed by atoms with van der Waals surface area (Å²) in [6.07, 6.45) is 1.63. The van der Waals surface area contributed by atoms with E-state index >= 15 is 0 Å². The molecule has 106 valence electrons. The van der Waals surface area contributed by atoms with Crippen molar-refractivity contribution in [3.8, 4) is 0 Å². The number of rotatable bonds is 6. The number of benzene rings is 1. The molecule has 5 heteroatoms. The predicted molar refractivity (Wildman–Crippen MR) is 77.5 cm³/mol. The molecule has 0 aromatic heterocycles. The van der Waals surface area contributed by atoms with Crippen LogP contribution < -0.4 is 5.73 Å². The van der Waals surface area contributed by atoms with Crippen molar-refractivity contribution in [2.24, 2.45) is 11.7 Å². The van der Waals surface area contributed by atoms with Gasteiger partial charge in [0.1, 0.15) is 5.82 Å². The van der Waals surface area contributed by atoms with Gasteiger partial charge in [-0.2, -0.15) is 0 Å². The lowest BCUT2D eigenvalue weighted by atomic mass is 10.1. The Hall–Kier alpha value is -1.39. The van der Waals surface area contributed by atoms with Gasteiger partial charge in [0.2, 0.25) is 5.91 Å². The maximum absolute atomic E-state index is 13.5. The lowest BCUT2D eigenvalue weighted by Crippen LogP contribution is -2.37. The average molecular weight is 287 g/mol. The molecule has 0 aliphatic heterocycles. The van der Waals surface area contributed by atoms with E-state index in [1.165, 1.54) is 6.07 Å². The van der Waals surface area contributed by atoms with Crippen LogP contribution in [-0.2, 0) is 11.3 Å². The van der Waals surface area contributed by atoms with Crippen LogP contribution in [0.2, 0.25) is 0 Å². The van der Waals surface area contributed by atoms with Gasteiger partial charge in [0.25, 0.3) is 0 Å². The SMILES string of the molecule is C=CCN(Cc1ccccc1F)C(=O)C(C)CN.Cl. The van der Waals surface area contributed by atoms with Gasteiger partial charge in [-0.15, -0.1) is 19.0 Å². The van der Waals surface area contributed by atoms with Crippen LogP contribution in [0.4, 0.5) is 4.39 Å². The molecule has 0 bridgehead atoms. The maximum Gasteiger partial charge on any atom is 0.227 e. The van der Waals surface area contributed by atoms with Crippen molar-refractivity contribution in [2.45, 2.75) is 13.5 Å². The Kier molecular flexibility index (Phi) is 8.03. The van der Waals surface area contributed by atoms with Crippen molar-refractivity contribution in [2.75, 3.05) is 13.1 Å². The minimum atomic E-state index is -0.306. The molecule has 19 heavy (non-hydrogen) atoms. The second-order valence-electron chi connectivity index (χ2n) is 4.24. The lowest BCUT2D eigenvalue weighted by molar-refractivity contribution is -0.134. The summed E-state index contributed by atoms with van der Waals surface area (Å²) in [6, 6.07) is 6.44. The third-order valence-corrected chi connectivity index (χ3v) is 2.76. The summed E-state index contributed by atoms with van der Waals surface area (Å²) in [5.41, 5.74) is 5.98. The molecule has 0 fully saturated rings. The largest absolute Gasteiger partial charge is 0.334 e. The molecule has 0 heterocycles. The Bertz CT molecular complexity index is 426. The van der Waals surface area contributed by atoms with Crippen molar-refractivity contribution < 1.29 is 9.18 Å². The van der Waals surface area contributed by atoms with Crippen molar-refractivity contribution in [3.05, 3.63) is 48.3 Å². The topological polar surface area (TPSA) is 46.3 Å². The van der Waals surface area contributed by atoms with Crippen molar-refractivity contribution in [1.29, 1.82) is 0 Å². The summed E-state index contributed by atoms with van der Waals surface area (Å²) in [5, 5.41) is 0. The zero-order valence-corrected chi connectivity index (χ0v) is 11.8. The van der Waals surface area contributed by atoms with Gasteiger partial charge < -0.3 is 10.6 Å². The van der Waals surface area contributed by atoms with E-state index in [1.807, 2.05) is 0 Å². The Morgan fingerprint density at radius 1 is 1.53 bits per heavy atom. The fourth-order valence-corrected chi connectivity index (χ4v) is 1.63. The molecular weight excluding hydrogens is 267 g/mol. The quantitative estimate of drug-likeness (QED) is 0.816. The highest BCUT2D eigenvalue weighted by molar-refractivity contribution is 5.85. The van der Waals surface area contributed by atoms with E-state index in [9.17, 15) is 9.18 Å². The van der Waals surface area contributed by atoms with Crippen molar-refractivity contribution in [1.82, 2.24) is 4.90 Å². The third-order valence-electron chi connectivity index (χ3n) is 2.76. The van der Waals surface area contributed by atoms with E-state index in [0.29, 0.717) is 12.1 Å². The normalized spacial score (nSPS) is 11.3. The van der Waals surface area contributed by atoms with E-state index in [-0.39, 0.29) is 43.1 Å². The van der Waals surface area contributed by atoms with Crippen LogP contribution in [-0.4, -0.2) is 23.9 Å².